The second-order valence-corrected chi connectivity index (χ2v) is 8.78. The highest BCUT2D eigenvalue weighted by Gasteiger charge is 2.26. The van der Waals surface area contributed by atoms with Crippen molar-refractivity contribution in [2.45, 2.75) is 45.0 Å². The summed E-state index contributed by atoms with van der Waals surface area (Å²) in [4.78, 5) is 27.3. The number of methoxy groups -OCH3 is 1. The molecular formula is C24H30ClFN2O3S. The van der Waals surface area contributed by atoms with Crippen molar-refractivity contribution in [3.05, 3.63) is 64.4 Å². The fourth-order valence-corrected chi connectivity index (χ4v) is 4.33. The number of nitrogens with one attached hydrogen (secondary N) is 1. The van der Waals surface area contributed by atoms with Crippen molar-refractivity contribution in [3.63, 3.8) is 0 Å². The fourth-order valence-electron chi connectivity index (χ4n) is 3.08. The number of hydrogen-bond donors (Lipinski definition) is 1. The van der Waals surface area contributed by atoms with Gasteiger partial charge in [0, 0.05) is 29.4 Å². The van der Waals surface area contributed by atoms with Crippen LogP contribution < -0.4 is 10.1 Å². The van der Waals surface area contributed by atoms with E-state index in [9.17, 15) is 14.0 Å². The first-order chi connectivity index (χ1) is 15.4. The van der Waals surface area contributed by atoms with Gasteiger partial charge < -0.3 is 15.0 Å². The number of rotatable bonds is 12. The number of halogens is 2. The van der Waals surface area contributed by atoms with E-state index in [-0.39, 0.29) is 29.9 Å². The van der Waals surface area contributed by atoms with Crippen molar-refractivity contribution >= 4 is 35.2 Å². The Balaban J connectivity index is 2.10. The van der Waals surface area contributed by atoms with Gasteiger partial charge in [-0.2, -0.15) is 0 Å². The molecule has 2 rings (SSSR count). The topological polar surface area (TPSA) is 58.6 Å². The van der Waals surface area contributed by atoms with Crippen molar-refractivity contribution in [1.82, 2.24) is 10.2 Å². The molecule has 0 radical (unpaired) electrons. The normalized spacial score (nSPS) is 11.7. The highest BCUT2D eigenvalue weighted by Crippen LogP contribution is 2.24. The zero-order chi connectivity index (χ0) is 23.5. The zero-order valence-electron chi connectivity index (χ0n) is 18.7. The van der Waals surface area contributed by atoms with E-state index in [1.807, 2.05) is 31.2 Å². The summed E-state index contributed by atoms with van der Waals surface area (Å²) in [5, 5.41) is 3.23. The summed E-state index contributed by atoms with van der Waals surface area (Å²) < 4.78 is 19.3. The lowest BCUT2D eigenvalue weighted by Gasteiger charge is -2.29. The molecule has 0 saturated carbocycles. The maximum Gasteiger partial charge on any atom is 0.242 e. The molecule has 0 aliphatic rings. The van der Waals surface area contributed by atoms with Crippen molar-refractivity contribution < 1.29 is 18.7 Å². The van der Waals surface area contributed by atoms with E-state index in [1.165, 1.54) is 17.8 Å². The molecule has 174 valence electrons. The third-order valence-electron chi connectivity index (χ3n) is 5.02. The lowest BCUT2D eigenvalue weighted by molar-refractivity contribution is -0.138. The second kappa shape index (κ2) is 13.3. The van der Waals surface area contributed by atoms with Gasteiger partial charge in [-0.15, -0.1) is 11.8 Å². The Hall–Kier alpha value is -2.25. The smallest absolute Gasteiger partial charge is 0.242 e. The molecule has 0 unspecified atom stereocenters. The number of hydrogen-bond acceptors (Lipinski definition) is 4. The molecule has 2 aromatic carbocycles. The fraction of sp³-hybridized carbons (Fsp3) is 0.417. The van der Waals surface area contributed by atoms with Crippen molar-refractivity contribution in [2.24, 2.45) is 0 Å². The van der Waals surface area contributed by atoms with Crippen LogP contribution >= 0.6 is 23.4 Å². The van der Waals surface area contributed by atoms with Crippen LogP contribution in [-0.2, 0) is 21.9 Å². The molecule has 0 fully saturated rings. The number of thioether (sulfide) groups is 1. The standard InChI is InChI=1S/C24H30ClFN2O3S/c1-4-5-12-27-24(30)17(2)28(14-18-8-6-9-19(13-18)31-3)23(29)16-32-15-20-21(25)10-7-11-22(20)26/h6-11,13,17H,4-5,12,14-16H2,1-3H3,(H,27,30)/t17-/m1/s1. The van der Waals surface area contributed by atoms with Gasteiger partial charge in [0.1, 0.15) is 17.6 Å². The van der Waals surface area contributed by atoms with Crippen LogP contribution in [0.15, 0.2) is 42.5 Å². The molecular weight excluding hydrogens is 451 g/mol. The Morgan fingerprint density at radius 3 is 2.69 bits per heavy atom. The van der Waals surface area contributed by atoms with Gasteiger partial charge in [0.25, 0.3) is 0 Å². The molecule has 0 aliphatic heterocycles. The van der Waals surface area contributed by atoms with Crippen LogP contribution in [0.3, 0.4) is 0 Å². The number of benzene rings is 2. The lowest BCUT2D eigenvalue weighted by atomic mass is 10.1. The largest absolute Gasteiger partial charge is 0.497 e. The van der Waals surface area contributed by atoms with Gasteiger partial charge in [-0.25, -0.2) is 4.39 Å². The van der Waals surface area contributed by atoms with E-state index in [0.29, 0.717) is 22.9 Å². The SMILES string of the molecule is CCCCNC(=O)[C@@H](C)N(Cc1cccc(OC)c1)C(=O)CSCc1c(F)cccc1Cl. The molecule has 2 amide bonds. The van der Waals surface area contributed by atoms with Crippen LogP contribution in [0.25, 0.3) is 0 Å². The Morgan fingerprint density at radius 1 is 1.25 bits per heavy atom. The average Bonchev–Trinajstić information content (AvgIpc) is 2.79. The lowest BCUT2D eigenvalue weighted by Crippen LogP contribution is -2.48. The number of carbonyl (C=O) groups excluding carboxylic acids is 2. The van der Waals surface area contributed by atoms with Gasteiger partial charge in [0.2, 0.25) is 11.8 Å². The van der Waals surface area contributed by atoms with Crippen molar-refractivity contribution in [2.75, 3.05) is 19.4 Å². The third-order valence-corrected chi connectivity index (χ3v) is 6.32. The van der Waals surface area contributed by atoms with Gasteiger partial charge >= 0.3 is 0 Å². The first-order valence-electron chi connectivity index (χ1n) is 10.6. The Bertz CT molecular complexity index is 892. The summed E-state index contributed by atoms with van der Waals surface area (Å²) in [6.45, 7) is 4.60. The minimum Gasteiger partial charge on any atom is -0.497 e. The first-order valence-corrected chi connectivity index (χ1v) is 12.1. The highest BCUT2D eigenvalue weighted by molar-refractivity contribution is 7.99. The van der Waals surface area contributed by atoms with Crippen LogP contribution in [0, 0.1) is 5.82 Å². The molecule has 32 heavy (non-hydrogen) atoms. The predicted molar refractivity (Wildman–Crippen MR) is 128 cm³/mol. The predicted octanol–water partition coefficient (Wildman–Crippen LogP) is 5.05. The number of unbranched alkanes of at least 4 members (excludes halogenated alkanes) is 1. The Morgan fingerprint density at radius 2 is 2.00 bits per heavy atom. The van der Waals surface area contributed by atoms with E-state index in [1.54, 1.807) is 31.1 Å². The molecule has 1 N–H and O–H groups in total. The van der Waals surface area contributed by atoms with Crippen molar-refractivity contribution in [3.8, 4) is 5.75 Å². The molecule has 0 saturated heterocycles. The monoisotopic (exact) mass is 480 g/mol. The summed E-state index contributed by atoms with van der Waals surface area (Å²) >= 11 is 7.35. The van der Waals surface area contributed by atoms with Gasteiger partial charge in [0.15, 0.2) is 0 Å². The summed E-state index contributed by atoms with van der Waals surface area (Å²) in [5.74, 6) is 0.246. The molecule has 0 aromatic heterocycles. The van der Waals surface area contributed by atoms with Gasteiger partial charge in [0.05, 0.1) is 12.9 Å². The minimum atomic E-state index is -0.650. The zero-order valence-corrected chi connectivity index (χ0v) is 20.3. The first kappa shape index (κ1) is 26.0. The van der Waals surface area contributed by atoms with E-state index < -0.39 is 11.9 Å². The Kier molecular flexibility index (Phi) is 10.8. The number of ether oxygens (including phenoxy) is 1. The summed E-state index contributed by atoms with van der Waals surface area (Å²) in [5.41, 5.74) is 1.23. The molecule has 0 bridgehead atoms. The van der Waals surface area contributed by atoms with Crippen LogP contribution in [0.2, 0.25) is 5.02 Å². The molecule has 0 aliphatic carbocycles. The number of amides is 2. The minimum absolute atomic E-state index is 0.0984. The van der Waals surface area contributed by atoms with Gasteiger partial charge in [-0.05, 0) is 43.2 Å². The molecule has 2 aromatic rings. The second-order valence-electron chi connectivity index (χ2n) is 7.39. The van der Waals surface area contributed by atoms with Crippen LogP contribution in [-0.4, -0.2) is 42.2 Å². The van der Waals surface area contributed by atoms with Crippen LogP contribution in [0.5, 0.6) is 5.75 Å². The molecule has 5 nitrogen and oxygen atoms in total. The van der Waals surface area contributed by atoms with E-state index >= 15 is 0 Å². The summed E-state index contributed by atoms with van der Waals surface area (Å²) in [6.07, 6.45) is 1.85. The quantitative estimate of drug-likeness (QED) is 0.432. The average molecular weight is 481 g/mol. The molecule has 0 spiro atoms. The molecule has 0 heterocycles. The third kappa shape index (κ3) is 7.71. The van der Waals surface area contributed by atoms with Crippen LogP contribution in [0.4, 0.5) is 4.39 Å². The van der Waals surface area contributed by atoms with E-state index in [0.717, 1.165) is 18.4 Å². The van der Waals surface area contributed by atoms with E-state index in [2.05, 4.69) is 5.32 Å². The number of carbonyl (C=O) groups is 2. The Labute approximate surface area is 198 Å². The summed E-state index contributed by atoms with van der Waals surface area (Å²) in [7, 11) is 1.58. The number of nitrogens with zero attached hydrogens (tertiary/aromatic N) is 1. The molecule has 8 heteroatoms. The maximum absolute atomic E-state index is 14.0. The van der Waals surface area contributed by atoms with Crippen LogP contribution in [0.1, 0.15) is 37.8 Å². The van der Waals surface area contributed by atoms with Gasteiger partial charge in [-0.3, -0.25) is 9.59 Å². The van der Waals surface area contributed by atoms with E-state index in [4.69, 9.17) is 16.3 Å². The van der Waals surface area contributed by atoms with Crippen molar-refractivity contribution in [1.29, 1.82) is 0 Å². The highest BCUT2D eigenvalue weighted by atomic mass is 35.5. The maximum atomic E-state index is 14.0. The van der Waals surface area contributed by atoms with Gasteiger partial charge in [-0.1, -0.05) is 43.1 Å². The summed E-state index contributed by atoms with van der Waals surface area (Å²) in [6, 6.07) is 11.3. The molecule has 1 atom stereocenters.